The van der Waals surface area contributed by atoms with Gasteiger partial charge in [0.15, 0.2) is 0 Å². The molecular formula is C15H17ClN2. The van der Waals surface area contributed by atoms with Crippen molar-refractivity contribution in [3.05, 3.63) is 64.4 Å². The molecule has 0 radical (unpaired) electrons. The minimum absolute atomic E-state index is 0.256. The molecule has 0 spiro atoms. The largest absolute Gasteiger partial charge is 0.305 e. The van der Waals surface area contributed by atoms with E-state index in [-0.39, 0.29) is 6.04 Å². The second kappa shape index (κ2) is 5.98. The smallest absolute Gasteiger partial charge is 0.0542 e. The first-order valence-corrected chi connectivity index (χ1v) is 6.43. The van der Waals surface area contributed by atoms with Crippen molar-refractivity contribution in [1.29, 1.82) is 0 Å². The Morgan fingerprint density at radius 3 is 2.78 bits per heavy atom. The van der Waals surface area contributed by atoms with Crippen molar-refractivity contribution < 1.29 is 0 Å². The number of aromatic nitrogens is 1. The molecule has 0 aliphatic carbocycles. The van der Waals surface area contributed by atoms with Crippen LogP contribution in [-0.2, 0) is 6.54 Å². The molecule has 18 heavy (non-hydrogen) atoms. The summed E-state index contributed by atoms with van der Waals surface area (Å²) in [5.41, 5.74) is 3.42. The Morgan fingerprint density at radius 2 is 2.11 bits per heavy atom. The zero-order chi connectivity index (χ0) is 13.0. The lowest BCUT2D eigenvalue weighted by Crippen LogP contribution is -2.18. The number of hydrogen-bond donors (Lipinski definition) is 1. The van der Waals surface area contributed by atoms with Crippen molar-refractivity contribution in [2.45, 2.75) is 26.4 Å². The molecule has 1 heterocycles. The molecule has 94 valence electrons. The highest BCUT2D eigenvalue weighted by Crippen LogP contribution is 2.17. The minimum Gasteiger partial charge on any atom is -0.305 e. The van der Waals surface area contributed by atoms with Gasteiger partial charge < -0.3 is 5.32 Å². The maximum absolute atomic E-state index is 5.98. The molecule has 2 aromatic rings. The van der Waals surface area contributed by atoms with Gasteiger partial charge in [-0.05, 0) is 43.2 Å². The van der Waals surface area contributed by atoms with Crippen LogP contribution in [0.15, 0.2) is 42.6 Å². The van der Waals surface area contributed by atoms with Gasteiger partial charge in [0.05, 0.1) is 5.69 Å². The summed E-state index contributed by atoms with van der Waals surface area (Å²) in [7, 11) is 0. The Balaban J connectivity index is 1.96. The van der Waals surface area contributed by atoms with Crippen LogP contribution in [0.25, 0.3) is 0 Å². The van der Waals surface area contributed by atoms with E-state index < -0.39 is 0 Å². The number of aryl methyl sites for hydroxylation is 1. The summed E-state index contributed by atoms with van der Waals surface area (Å²) >= 11 is 5.98. The fraction of sp³-hybridized carbons (Fsp3) is 0.267. The molecule has 2 nitrogen and oxygen atoms in total. The fourth-order valence-electron chi connectivity index (χ4n) is 1.75. The van der Waals surface area contributed by atoms with Gasteiger partial charge in [-0.15, -0.1) is 0 Å². The molecule has 0 bridgehead atoms. The van der Waals surface area contributed by atoms with Crippen molar-refractivity contribution in [3.63, 3.8) is 0 Å². The highest BCUT2D eigenvalue weighted by atomic mass is 35.5. The second-order valence-electron chi connectivity index (χ2n) is 4.48. The Hall–Kier alpha value is -1.38. The van der Waals surface area contributed by atoms with Crippen molar-refractivity contribution in [2.75, 3.05) is 0 Å². The molecule has 2 rings (SSSR count). The number of rotatable bonds is 4. The van der Waals surface area contributed by atoms with E-state index in [2.05, 4.69) is 29.4 Å². The Bertz CT molecular complexity index is 508. The number of halogens is 1. The van der Waals surface area contributed by atoms with E-state index in [1.54, 1.807) is 0 Å². The van der Waals surface area contributed by atoms with E-state index in [1.807, 2.05) is 37.4 Å². The van der Waals surface area contributed by atoms with Crippen LogP contribution in [-0.4, -0.2) is 4.98 Å². The van der Waals surface area contributed by atoms with Gasteiger partial charge in [0, 0.05) is 23.8 Å². The van der Waals surface area contributed by atoms with Gasteiger partial charge in [-0.3, -0.25) is 4.98 Å². The highest BCUT2D eigenvalue weighted by Gasteiger charge is 2.05. The first-order valence-electron chi connectivity index (χ1n) is 6.05. The Labute approximate surface area is 113 Å². The fourth-order valence-corrected chi connectivity index (χ4v) is 1.95. The summed E-state index contributed by atoms with van der Waals surface area (Å²) in [6.45, 7) is 4.92. The molecule has 0 amide bonds. The topological polar surface area (TPSA) is 24.9 Å². The average molecular weight is 261 g/mol. The van der Waals surface area contributed by atoms with E-state index in [9.17, 15) is 0 Å². The highest BCUT2D eigenvalue weighted by molar-refractivity contribution is 6.30. The van der Waals surface area contributed by atoms with Gasteiger partial charge in [-0.25, -0.2) is 0 Å². The Kier molecular flexibility index (Phi) is 4.34. The molecule has 0 aliphatic heterocycles. The predicted octanol–water partition coefficient (Wildman–Crippen LogP) is 3.89. The Morgan fingerprint density at radius 1 is 1.28 bits per heavy atom. The van der Waals surface area contributed by atoms with E-state index >= 15 is 0 Å². The molecule has 1 unspecified atom stereocenters. The number of pyridine rings is 1. The third-order valence-corrected chi connectivity index (χ3v) is 3.15. The lowest BCUT2D eigenvalue weighted by atomic mass is 10.1. The predicted molar refractivity (Wildman–Crippen MR) is 75.7 cm³/mol. The molecule has 1 aromatic carbocycles. The van der Waals surface area contributed by atoms with Crippen molar-refractivity contribution in [2.24, 2.45) is 0 Å². The number of nitrogens with zero attached hydrogens (tertiary/aromatic N) is 1. The van der Waals surface area contributed by atoms with Crippen molar-refractivity contribution in [1.82, 2.24) is 10.3 Å². The van der Waals surface area contributed by atoms with Gasteiger partial charge >= 0.3 is 0 Å². The van der Waals surface area contributed by atoms with Crippen LogP contribution >= 0.6 is 11.6 Å². The summed E-state index contributed by atoms with van der Waals surface area (Å²) in [6, 6.07) is 12.3. The maximum atomic E-state index is 5.98. The van der Waals surface area contributed by atoms with Crippen LogP contribution in [0.1, 0.15) is 29.8 Å². The maximum Gasteiger partial charge on any atom is 0.0542 e. The third-order valence-electron chi connectivity index (χ3n) is 2.91. The van der Waals surface area contributed by atoms with Gasteiger partial charge in [0.2, 0.25) is 0 Å². The standard InChI is InChI=1S/C15H17ClN2/c1-11-6-7-15(18-9-11)10-17-12(2)13-4-3-5-14(16)8-13/h3-9,12,17H,10H2,1-2H3. The second-order valence-corrected chi connectivity index (χ2v) is 4.92. The summed E-state index contributed by atoms with van der Waals surface area (Å²) in [4.78, 5) is 4.37. The number of nitrogens with one attached hydrogen (secondary N) is 1. The van der Waals surface area contributed by atoms with Crippen LogP contribution in [0, 0.1) is 6.92 Å². The molecule has 1 atom stereocenters. The normalized spacial score (nSPS) is 12.4. The number of benzene rings is 1. The van der Waals surface area contributed by atoms with Gasteiger partial charge in [-0.2, -0.15) is 0 Å². The zero-order valence-corrected chi connectivity index (χ0v) is 11.4. The quantitative estimate of drug-likeness (QED) is 0.902. The first kappa shape index (κ1) is 13.1. The molecule has 0 aliphatic rings. The van der Waals surface area contributed by atoms with Gasteiger partial charge in [-0.1, -0.05) is 29.8 Å². The molecule has 1 N–H and O–H groups in total. The van der Waals surface area contributed by atoms with E-state index in [0.717, 1.165) is 17.3 Å². The summed E-state index contributed by atoms with van der Waals surface area (Å²) in [5.74, 6) is 0. The van der Waals surface area contributed by atoms with Crippen LogP contribution in [0.2, 0.25) is 5.02 Å². The monoisotopic (exact) mass is 260 g/mol. The molecule has 0 saturated heterocycles. The van der Waals surface area contributed by atoms with Crippen LogP contribution in [0.4, 0.5) is 0 Å². The van der Waals surface area contributed by atoms with E-state index in [4.69, 9.17) is 11.6 Å². The van der Waals surface area contributed by atoms with Crippen LogP contribution < -0.4 is 5.32 Å². The van der Waals surface area contributed by atoms with Crippen LogP contribution in [0.5, 0.6) is 0 Å². The lowest BCUT2D eigenvalue weighted by Gasteiger charge is -2.14. The van der Waals surface area contributed by atoms with Gasteiger partial charge in [0.1, 0.15) is 0 Å². The van der Waals surface area contributed by atoms with Crippen molar-refractivity contribution in [3.8, 4) is 0 Å². The molecular weight excluding hydrogens is 244 g/mol. The number of hydrogen-bond acceptors (Lipinski definition) is 2. The first-order chi connectivity index (χ1) is 8.65. The van der Waals surface area contributed by atoms with E-state index in [1.165, 1.54) is 11.1 Å². The summed E-state index contributed by atoms with van der Waals surface area (Å²) < 4.78 is 0. The van der Waals surface area contributed by atoms with Gasteiger partial charge in [0.25, 0.3) is 0 Å². The molecule has 0 fully saturated rings. The SMILES string of the molecule is Cc1ccc(CNC(C)c2cccc(Cl)c2)nc1. The van der Waals surface area contributed by atoms with E-state index in [0.29, 0.717) is 0 Å². The summed E-state index contributed by atoms with van der Waals surface area (Å²) in [6.07, 6.45) is 1.89. The summed E-state index contributed by atoms with van der Waals surface area (Å²) in [5, 5.41) is 4.21. The van der Waals surface area contributed by atoms with Crippen LogP contribution in [0.3, 0.4) is 0 Å². The zero-order valence-electron chi connectivity index (χ0n) is 10.7. The van der Waals surface area contributed by atoms with Crippen molar-refractivity contribution >= 4 is 11.6 Å². The molecule has 3 heteroatoms. The molecule has 0 saturated carbocycles. The third kappa shape index (κ3) is 3.56. The minimum atomic E-state index is 0.256. The molecule has 1 aromatic heterocycles. The lowest BCUT2D eigenvalue weighted by molar-refractivity contribution is 0.567. The average Bonchev–Trinajstić information content (AvgIpc) is 2.38.